The van der Waals surface area contributed by atoms with Gasteiger partial charge in [0.1, 0.15) is 6.29 Å². The highest BCUT2D eigenvalue weighted by atomic mass is 16.1. The summed E-state index contributed by atoms with van der Waals surface area (Å²) in [7, 11) is 0. The zero-order valence-corrected chi connectivity index (χ0v) is 9.28. The smallest absolute Gasteiger partial charge is 0.142 e. The number of benzene rings is 1. The predicted octanol–water partition coefficient (Wildman–Crippen LogP) is 3.63. The van der Waals surface area contributed by atoms with Crippen LogP contribution in [0.25, 0.3) is 6.08 Å². The number of allylic oxidation sites excluding steroid dienone is 1. The Morgan fingerprint density at radius 2 is 2.00 bits per heavy atom. The highest BCUT2D eigenvalue weighted by Crippen LogP contribution is 2.14. The Morgan fingerprint density at radius 1 is 1.20 bits per heavy atom. The molecule has 1 nitrogen and oxygen atoms in total. The number of hydrogen-bond acceptors (Lipinski definition) is 1. The Hall–Kier alpha value is -1.37. The first-order valence-corrected chi connectivity index (χ1v) is 5.58. The molecule has 0 radical (unpaired) electrons. The molecule has 0 bridgehead atoms. The van der Waals surface area contributed by atoms with E-state index in [1.807, 2.05) is 12.1 Å². The Bertz CT molecular complexity index is 326. The number of unbranched alkanes of at least 4 members (excludes halogenated alkanes) is 2. The molecule has 0 saturated heterocycles. The van der Waals surface area contributed by atoms with Gasteiger partial charge in [0.2, 0.25) is 0 Å². The summed E-state index contributed by atoms with van der Waals surface area (Å²) in [6, 6.07) is 8.26. The summed E-state index contributed by atoms with van der Waals surface area (Å²) in [5, 5.41) is 0. The van der Waals surface area contributed by atoms with Gasteiger partial charge in [-0.2, -0.15) is 0 Å². The average molecular weight is 202 g/mol. The Balaban J connectivity index is 2.68. The van der Waals surface area contributed by atoms with E-state index in [0.717, 1.165) is 12.7 Å². The van der Waals surface area contributed by atoms with Crippen LogP contribution in [0.2, 0.25) is 0 Å². The summed E-state index contributed by atoms with van der Waals surface area (Å²) in [4.78, 5) is 10.3. The number of rotatable bonds is 6. The molecule has 0 aliphatic heterocycles. The normalized spacial score (nSPS) is 10.7. The first kappa shape index (κ1) is 11.7. The molecule has 0 aromatic heterocycles. The quantitative estimate of drug-likeness (QED) is 0.391. The third kappa shape index (κ3) is 4.11. The van der Waals surface area contributed by atoms with Crippen LogP contribution >= 0.6 is 0 Å². The van der Waals surface area contributed by atoms with Crippen molar-refractivity contribution >= 4 is 12.4 Å². The molecule has 0 aliphatic carbocycles. The van der Waals surface area contributed by atoms with E-state index >= 15 is 0 Å². The average Bonchev–Trinajstić information content (AvgIpc) is 2.28. The number of hydrogen-bond donors (Lipinski definition) is 0. The van der Waals surface area contributed by atoms with E-state index in [4.69, 9.17) is 0 Å². The van der Waals surface area contributed by atoms with E-state index < -0.39 is 0 Å². The molecule has 1 aromatic carbocycles. The molecule has 0 saturated carbocycles. The molecule has 80 valence electrons. The van der Waals surface area contributed by atoms with E-state index in [9.17, 15) is 4.79 Å². The molecule has 0 amide bonds. The van der Waals surface area contributed by atoms with Crippen LogP contribution in [0.4, 0.5) is 0 Å². The molecule has 1 heteroatoms. The highest BCUT2D eigenvalue weighted by molar-refractivity contribution is 5.74. The van der Waals surface area contributed by atoms with Crippen LogP contribution < -0.4 is 0 Å². The predicted molar refractivity (Wildman–Crippen MR) is 64.8 cm³/mol. The first-order chi connectivity index (χ1) is 7.38. The van der Waals surface area contributed by atoms with Crippen molar-refractivity contribution in [3.8, 4) is 0 Å². The number of aryl methyl sites for hydroxylation is 1. The summed E-state index contributed by atoms with van der Waals surface area (Å²) < 4.78 is 0. The molecule has 0 N–H and O–H groups in total. The molecule has 0 aliphatic rings. The van der Waals surface area contributed by atoms with Crippen molar-refractivity contribution in [3.05, 3.63) is 41.5 Å². The standard InChI is InChI=1S/C14H18O/c1-2-3-4-8-13-9-5-6-10-14(13)11-7-12-15/h5-7,9-12H,2-4,8H2,1H3/b11-7-. The molecular weight excluding hydrogens is 184 g/mol. The molecule has 0 unspecified atom stereocenters. The maximum atomic E-state index is 10.3. The summed E-state index contributed by atoms with van der Waals surface area (Å²) in [5.74, 6) is 0. The van der Waals surface area contributed by atoms with Gasteiger partial charge >= 0.3 is 0 Å². The van der Waals surface area contributed by atoms with Crippen molar-refractivity contribution in [1.82, 2.24) is 0 Å². The van der Waals surface area contributed by atoms with Gasteiger partial charge in [-0.05, 0) is 30.0 Å². The van der Waals surface area contributed by atoms with E-state index in [-0.39, 0.29) is 0 Å². The fourth-order valence-electron chi connectivity index (χ4n) is 1.63. The van der Waals surface area contributed by atoms with Gasteiger partial charge in [-0.3, -0.25) is 4.79 Å². The molecule has 0 fully saturated rings. The minimum atomic E-state index is 0.822. The van der Waals surface area contributed by atoms with Crippen LogP contribution in [0.5, 0.6) is 0 Å². The molecular formula is C14H18O. The second kappa shape index (κ2) is 6.99. The lowest BCUT2D eigenvalue weighted by molar-refractivity contribution is -0.104. The fraction of sp³-hybridized carbons (Fsp3) is 0.357. The van der Waals surface area contributed by atoms with Crippen molar-refractivity contribution in [2.45, 2.75) is 32.6 Å². The molecule has 15 heavy (non-hydrogen) atoms. The zero-order chi connectivity index (χ0) is 10.9. The van der Waals surface area contributed by atoms with Crippen molar-refractivity contribution in [1.29, 1.82) is 0 Å². The Kier molecular flexibility index (Phi) is 5.46. The minimum Gasteiger partial charge on any atom is -0.299 e. The van der Waals surface area contributed by atoms with E-state index in [1.54, 1.807) is 6.08 Å². The van der Waals surface area contributed by atoms with Crippen molar-refractivity contribution in [2.24, 2.45) is 0 Å². The maximum absolute atomic E-state index is 10.3. The Labute approximate surface area is 91.8 Å². The van der Waals surface area contributed by atoms with E-state index in [0.29, 0.717) is 0 Å². The Morgan fingerprint density at radius 3 is 2.73 bits per heavy atom. The van der Waals surface area contributed by atoms with Gasteiger partial charge in [-0.1, -0.05) is 50.1 Å². The van der Waals surface area contributed by atoms with Crippen molar-refractivity contribution in [3.63, 3.8) is 0 Å². The monoisotopic (exact) mass is 202 g/mol. The van der Waals surface area contributed by atoms with Crippen LogP contribution in [0, 0.1) is 0 Å². The molecule has 0 atom stereocenters. The van der Waals surface area contributed by atoms with E-state index in [1.165, 1.54) is 30.4 Å². The van der Waals surface area contributed by atoms with Gasteiger partial charge in [-0.15, -0.1) is 0 Å². The van der Waals surface area contributed by atoms with Crippen molar-refractivity contribution in [2.75, 3.05) is 0 Å². The SMILES string of the molecule is CCCCCc1ccccc1/C=C\C=O. The number of carbonyl (C=O) groups is 1. The zero-order valence-electron chi connectivity index (χ0n) is 9.28. The van der Waals surface area contributed by atoms with E-state index in [2.05, 4.69) is 25.1 Å². The van der Waals surface area contributed by atoms with Gasteiger partial charge < -0.3 is 0 Å². The van der Waals surface area contributed by atoms with Crippen molar-refractivity contribution < 1.29 is 4.79 Å². The lowest BCUT2D eigenvalue weighted by Crippen LogP contribution is -1.89. The largest absolute Gasteiger partial charge is 0.299 e. The van der Waals surface area contributed by atoms with Crippen LogP contribution in [0.15, 0.2) is 30.3 Å². The van der Waals surface area contributed by atoms with Crippen LogP contribution in [-0.2, 0) is 11.2 Å². The second-order valence-corrected chi connectivity index (χ2v) is 3.65. The molecule has 0 heterocycles. The van der Waals surface area contributed by atoms with Gasteiger partial charge in [0.25, 0.3) is 0 Å². The molecule has 1 aromatic rings. The number of aldehydes is 1. The fourth-order valence-corrected chi connectivity index (χ4v) is 1.63. The first-order valence-electron chi connectivity index (χ1n) is 5.58. The summed E-state index contributed by atoms with van der Waals surface area (Å²) in [6.45, 7) is 2.21. The summed E-state index contributed by atoms with van der Waals surface area (Å²) in [5.41, 5.74) is 2.50. The van der Waals surface area contributed by atoms with Gasteiger partial charge in [0.05, 0.1) is 0 Å². The van der Waals surface area contributed by atoms with Gasteiger partial charge in [0, 0.05) is 0 Å². The topological polar surface area (TPSA) is 17.1 Å². The van der Waals surface area contributed by atoms with Crippen LogP contribution in [0.3, 0.4) is 0 Å². The molecule has 0 spiro atoms. The third-order valence-electron chi connectivity index (χ3n) is 2.46. The van der Waals surface area contributed by atoms with Crippen LogP contribution in [-0.4, -0.2) is 6.29 Å². The third-order valence-corrected chi connectivity index (χ3v) is 2.46. The van der Waals surface area contributed by atoms with Crippen LogP contribution in [0.1, 0.15) is 37.3 Å². The second-order valence-electron chi connectivity index (χ2n) is 3.65. The maximum Gasteiger partial charge on any atom is 0.142 e. The molecule has 1 rings (SSSR count). The lowest BCUT2D eigenvalue weighted by atomic mass is 10.0. The highest BCUT2D eigenvalue weighted by Gasteiger charge is 1.97. The van der Waals surface area contributed by atoms with Gasteiger partial charge in [-0.25, -0.2) is 0 Å². The minimum absolute atomic E-state index is 0.822. The summed E-state index contributed by atoms with van der Waals surface area (Å²) in [6.07, 6.45) is 9.10. The summed E-state index contributed by atoms with van der Waals surface area (Å²) >= 11 is 0. The number of carbonyl (C=O) groups excluding carboxylic acids is 1. The lowest BCUT2D eigenvalue weighted by Gasteiger charge is -2.04. The van der Waals surface area contributed by atoms with Gasteiger partial charge in [0.15, 0.2) is 0 Å².